The van der Waals surface area contributed by atoms with Gasteiger partial charge in [0.1, 0.15) is 5.82 Å². The van der Waals surface area contributed by atoms with Crippen LogP contribution in [0.3, 0.4) is 0 Å². The molecule has 0 bridgehead atoms. The molecule has 0 fully saturated rings. The molecule has 0 heterocycles. The van der Waals surface area contributed by atoms with Crippen molar-refractivity contribution < 1.29 is 43.8 Å². The van der Waals surface area contributed by atoms with Gasteiger partial charge in [0.25, 0.3) is 0 Å². The van der Waals surface area contributed by atoms with E-state index in [1.807, 2.05) is 0 Å². The number of rotatable bonds is 5. The normalized spacial score (nSPS) is 14.1. The van der Waals surface area contributed by atoms with E-state index in [9.17, 15) is 30.5 Å². The van der Waals surface area contributed by atoms with Crippen LogP contribution < -0.4 is 4.74 Å². The zero-order chi connectivity index (χ0) is 15.6. The highest BCUT2D eigenvalue weighted by Crippen LogP contribution is 2.36. The number of hydrogen-bond donors (Lipinski definition) is 0. The summed E-state index contributed by atoms with van der Waals surface area (Å²) in [7, 11) is -7.81. The van der Waals surface area contributed by atoms with Crippen LogP contribution in [0.4, 0.5) is 17.6 Å². The van der Waals surface area contributed by atoms with Crippen LogP contribution in [0.1, 0.15) is 0 Å². The first-order valence-corrected chi connectivity index (χ1v) is 7.27. The smallest absolute Gasteiger partial charge is 0.404 e. The standard InChI is InChI=1S/C8H7F4O6PS/c1-16-19(13)18-20(14,15)7-5(9)3-2-4-6(7)17-8(10,11)12/h2-4,19H,1H3. The third-order valence-corrected chi connectivity index (χ3v) is 4.40. The fourth-order valence-electron chi connectivity index (χ4n) is 1.10. The molecule has 12 heteroatoms. The molecule has 1 aromatic carbocycles. The van der Waals surface area contributed by atoms with Crippen LogP contribution >= 0.6 is 8.25 Å². The number of benzene rings is 1. The zero-order valence-electron chi connectivity index (χ0n) is 9.60. The van der Waals surface area contributed by atoms with Crippen molar-refractivity contribution in [3.8, 4) is 5.75 Å². The van der Waals surface area contributed by atoms with Crippen LogP contribution in [-0.4, -0.2) is 21.9 Å². The molecular weight excluding hydrogens is 331 g/mol. The topological polar surface area (TPSA) is 78.9 Å². The van der Waals surface area contributed by atoms with Crippen LogP contribution in [0.5, 0.6) is 5.75 Å². The first-order chi connectivity index (χ1) is 9.07. The van der Waals surface area contributed by atoms with Gasteiger partial charge in [0.05, 0.1) is 0 Å². The molecule has 0 radical (unpaired) electrons. The summed E-state index contributed by atoms with van der Waals surface area (Å²) in [5.41, 5.74) is 0. The second-order valence-corrected chi connectivity index (χ2v) is 6.00. The monoisotopic (exact) mass is 338 g/mol. The molecule has 114 valence electrons. The van der Waals surface area contributed by atoms with E-state index in [0.29, 0.717) is 12.1 Å². The van der Waals surface area contributed by atoms with Gasteiger partial charge < -0.3 is 9.26 Å². The highest BCUT2D eigenvalue weighted by molar-refractivity contribution is 7.89. The molecule has 0 spiro atoms. The maximum atomic E-state index is 13.4. The van der Waals surface area contributed by atoms with Crippen molar-refractivity contribution >= 4 is 18.4 Å². The van der Waals surface area contributed by atoms with Crippen LogP contribution in [0, 0.1) is 5.82 Å². The Balaban J connectivity index is 3.32. The minimum atomic E-state index is -5.25. The fourth-order valence-corrected chi connectivity index (χ4v) is 3.09. The van der Waals surface area contributed by atoms with Crippen molar-refractivity contribution in [2.24, 2.45) is 0 Å². The minimum absolute atomic E-state index is 0.566. The molecule has 0 aliphatic carbocycles. The van der Waals surface area contributed by atoms with Crippen molar-refractivity contribution in [2.75, 3.05) is 7.11 Å². The summed E-state index contributed by atoms with van der Waals surface area (Å²) < 4.78 is 95.1. The molecule has 0 aliphatic heterocycles. The maximum Gasteiger partial charge on any atom is 0.573 e. The largest absolute Gasteiger partial charge is 0.573 e. The van der Waals surface area contributed by atoms with E-state index in [1.54, 1.807) is 0 Å². The Morgan fingerprint density at radius 1 is 1.25 bits per heavy atom. The van der Waals surface area contributed by atoms with Crippen molar-refractivity contribution in [1.82, 2.24) is 0 Å². The van der Waals surface area contributed by atoms with Crippen molar-refractivity contribution in [3.63, 3.8) is 0 Å². The molecule has 0 amide bonds. The van der Waals surface area contributed by atoms with Crippen LogP contribution in [-0.2, 0) is 23.2 Å². The SMILES string of the molecule is CO[PH](=O)OS(=O)(=O)c1c(F)cccc1OC(F)(F)F. The quantitative estimate of drug-likeness (QED) is 0.606. The van der Waals surface area contributed by atoms with E-state index in [2.05, 4.69) is 13.2 Å². The molecule has 0 aliphatic rings. The molecule has 1 rings (SSSR count). The number of alkyl halides is 3. The van der Waals surface area contributed by atoms with Crippen molar-refractivity contribution in [1.29, 1.82) is 0 Å². The van der Waals surface area contributed by atoms with Gasteiger partial charge in [-0.2, -0.15) is 12.4 Å². The first kappa shape index (κ1) is 16.9. The van der Waals surface area contributed by atoms with Gasteiger partial charge in [-0.25, -0.2) is 4.39 Å². The van der Waals surface area contributed by atoms with E-state index in [1.165, 1.54) is 0 Å². The first-order valence-electron chi connectivity index (χ1n) is 4.63. The molecule has 1 aromatic rings. The van der Waals surface area contributed by atoms with Gasteiger partial charge in [0.2, 0.25) is 0 Å². The molecule has 0 N–H and O–H groups in total. The number of hydrogen-bond acceptors (Lipinski definition) is 6. The molecule has 20 heavy (non-hydrogen) atoms. The molecule has 0 saturated carbocycles. The lowest BCUT2D eigenvalue weighted by molar-refractivity contribution is -0.275. The van der Waals surface area contributed by atoms with Gasteiger partial charge in [-0.3, -0.25) is 4.57 Å². The second-order valence-electron chi connectivity index (χ2n) is 3.11. The molecule has 6 nitrogen and oxygen atoms in total. The van der Waals surface area contributed by atoms with Crippen LogP contribution in [0.2, 0.25) is 0 Å². The second kappa shape index (κ2) is 6.08. The Hall–Kier alpha value is -1.16. The third-order valence-electron chi connectivity index (χ3n) is 1.75. The average Bonchev–Trinajstić information content (AvgIpc) is 2.25. The Morgan fingerprint density at radius 3 is 2.35 bits per heavy atom. The summed E-state index contributed by atoms with van der Waals surface area (Å²) in [6.45, 7) is 0. The van der Waals surface area contributed by atoms with Gasteiger partial charge in [0, 0.05) is 7.11 Å². The lowest BCUT2D eigenvalue weighted by Gasteiger charge is -2.13. The zero-order valence-corrected chi connectivity index (χ0v) is 11.4. The Kier molecular flexibility index (Phi) is 5.14. The van der Waals surface area contributed by atoms with Crippen LogP contribution in [0.15, 0.2) is 23.1 Å². The summed E-state index contributed by atoms with van der Waals surface area (Å²) in [6, 6.07) is 1.94. The van der Waals surface area contributed by atoms with E-state index in [-0.39, 0.29) is 0 Å². The van der Waals surface area contributed by atoms with Gasteiger partial charge in [-0.1, -0.05) is 6.07 Å². The summed E-state index contributed by atoms with van der Waals surface area (Å²) >= 11 is 0. The number of ether oxygens (including phenoxy) is 1. The minimum Gasteiger partial charge on any atom is -0.404 e. The van der Waals surface area contributed by atoms with Gasteiger partial charge in [-0.05, 0) is 12.1 Å². The summed E-state index contributed by atoms with van der Waals surface area (Å²) in [4.78, 5) is -1.52. The average molecular weight is 338 g/mol. The van der Waals surface area contributed by atoms with Gasteiger partial charge in [0.15, 0.2) is 10.6 Å². The van der Waals surface area contributed by atoms with E-state index in [4.69, 9.17) is 0 Å². The fraction of sp³-hybridized carbons (Fsp3) is 0.250. The van der Waals surface area contributed by atoms with Crippen molar-refractivity contribution in [2.45, 2.75) is 11.3 Å². The van der Waals surface area contributed by atoms with Gasteiger partial charge in [-0.15, -0.1) is 13.2 Å². The van der Waals surface area contributed by atoms with Crippen molar-refractivity contribution in [3.05, 3.63) is 24.0 Å². The Labute approximate surface area is 111 Å². The van der Waals surface area contributed by atoms with E-state index in [0.717, 1.165) is 13.2 Å². The molecular formula is C8H7F4O6PS. The molecule has 0 aromatic heterocycles. The summed E-state index contributed by atoms with van der Waals surface area (Å²) in [6.07, 6.45) is -5.25. The lowest BCUT2D eigenvalue weighted by atomic mass is 10.3. The molecule has 1 atom stereocenters. The van der Waals surface area contributed by atoms with E-state index < -0.39 is 41.2 Å². The Morgan fingerprint density at radius 2 is 1.85 bits per heavy atom. The van der Waals surface area contributed by atoms with E-state index >= 15 is 0 Å². The predicted octanol–water partition coefficient (Wildman–Crippen LogP) is 2.47. The number of halogens is 4. The molecule has 1 unspecified atom stereocenters. The lowest BCUT2D eigenvalue weighted by Crippen LogP contribution is -2.19. The van der Waals surface area contributed by atoms with Crippen LogP contribution in [0.25, 0.3) is 0 Å². The third kappa shape index (κ3) is 4.44. The highest BCUT2D eigenvalue weighted by Gasteiger charge is 2.36. The maximum absolute atomic E-state index is 13.4. The molecule has 0 saturated heterocycles. The summed E-state index contributed by atoms with van der Waals surface area (Å²) in [5.74, 6) is -2.90. The highest BCUT2D eigenvalue weighted by atomic mass is 32.2. The summed E-state index contributed by atoms with van der Waals surface area (Å²) in [5, 5.41) is 0. The predicted molar refractivity (Wildman–Crippen MR) is 57.4 cm³/mol. The van der Waals surface area contributed by atoms with Gasteiger partial charge >= 0.3 is 24.7 Å². The Bertz CT molecular complexity index is 614.